The third kappa shape index (κ3) is 2.72. The molecule has 126 valence electrons. The van der Waals surface area contributed by atoms with E-state index in [1.54, 1.807) is 4.90 Å². The summed E-state index contributed by atoms with van der Waals surface area (Å²) in [6, 6.07) is 6.14. The molecule has 2 aliphatic rings. The number of rotatable bonds is 1. The molecule has 1 aromatic heterocycles. The summed E-state index contributed by atoms with van der Waals surface area (Å²) >= 11 is 0. The zero-order valence-corrected chi connectivity index (χ0v) is 14.2. The van der Waals surface area contributed by atoms with Gasteiger partial charge in [-0.25, -0.2) is 9.78 Å². The van der Waals surface area contributed by atoms with Crippen LogP contribution in [0.5, 0.6) is 5.75 Å². The summed E-state index contributed by atoms with van der Waals surface area (Å²) in [6.07, 6.45) is 0.640. The SMILES string of the molecule is CC(C)(C)OC(=O)N1Cc2nc(-c3ccc4c(c3)CCO4)[nH]c2C1. The molecule has 6 heteroatoms. The molecule has 0 atom stereocenters. The monoisotopic (exact) mass is 327 g/mol. The van der Waals surface area contributed by atoms with Gasteiger partial charge in [0.25, 0.3) is 0 Å². The van der Waals surface area contributed by atoms with Crippen molar-refractivity contribution in [2.24, 2.45) is 0 Å². The number of aromatic amines is 1. The van der Waals surface area contributed by atoms with Crippen molar-refractivity contribution < 1.29 is 14.3 Å². The van der Waals surface area contributed by atoms with Crippen molar-refractivity contribution >= 4 is 6.09 Å². The Labute approximate surface area is 140 Å². The van der Waals surface area contributed by atoms with Gasteiger partial charge in [0.2, 0.25) is 0 Å². The molecule has 0 saturated heterocycles. The van der Waals surface area contributed by atoms with Crippen LogP contribution in [0.3, 0.4) is 0 Å². The molecule has 24 heavy (non-hydrogen) atoms. The number of carbonyl (C=O) groups is 1. The second-order valence-electron chi connectivity index (χ2n) is 7.27. The Morgan fingerprint density at radius 3 is 2.92 bits per heavy atom. The summed E-state index contributed by atoms with van der Waals surface area (Å²) in [5.74, 6) is 1.81. The number of nitrogens with zero attached hydrogens (tertiary/aromatic N) is 2. The van der Waals surface area contributed by atoms with Crippen LogP contribution in [0.25, 0.3) is 11.4 Å². The summed E-state index contributed by atoms with van der Waals surface area (Å²) < 4.78 is 11.0. The molecule has 1 amide bonds. The number of ether oxygens (including phenoxy) is 2. The van der Waals surface area contributed by atoms with Crippen LogP contribution in [0.2, 0.25) is 0 Å². The first-order chi connectivity index (χ1) is 11.4. The zero-order chi connectivity index (χ0) is 16.9. The predicted octanol–water partition coefficient (Wildman–Crippen LogP) is 3.26. The zero-order valence-electron chi connectivity index (χ0n) is 14.2. The Hall–Kier alpha value is -2.50. The normalized spacial score (nSPS) is 15.9. The maximum absolute atomic E-state index is 12.2. The number of nitrogens with one attached hydrogen (secondary N) is 1. The van der Waals surface area contributed by atoms with E-state index >= 15 is 0 Å². The number of amides is 1. The number of benzene rings is 1. The average Bonchev–Trinajstić information content (AvgIpc) is 3.18. The first-order valence-corrected chi connectivity index (χ1v) is 8.21. The molecule has 1 aromatic carbocycles. The van der Waals surface area contributed by atoms with Crippen molar-refractivity contribution in [3.8, 4) is 17.1 Å². The van der Waals surface area contributed by atoms with Gasteiger partial charge in [0, 0.05) is 12.0 Å². The lowest BCUT2D eigenvalue weighted by molar-refractivity contribution is 0.0239. The lowest BCUT2D eigenvalue weighted by Crippen LogP contribution is -2.33. The van der Waals surface area contributed by atoms with E-state index in [1.807, 2.05) is 32.9 Å². The number of imidazole rings is 1. The summed E-state index contributed by atoms with van der Waals surface area (Å²) in [4.78, 5) is 21.8. The van der Waals surface area contributed by atoms with Gasteiger partial charge >= 0.3 is 6.09 Å². The Bertz CT molecular complexity index is 781. The number of H-pyrrole nitrogens is 1. The molecule has 0 aliphatic carbocycles. The maximum atomic E-state index is 12.2. The minimum Gasteiger partial charge on any atom is -0.493 e. The molecule has 2 aliphatic heterocycles. The van der Waals surface area contributed by atoms with E-state index in [4.69, 9.17) is 9.47 Å². The second-order valence-corrected chi connectivity index (χ2v) is 7.27. The van der Waals surface area contributed by atoms with Gasteiger partial charge in [-0.2, -0.15) is 0 Å². The number of carbonyl (C=O) groups excluding carboxylic acids is 1. The topological polar surface area (TPSA) is 67.4 Å². The van der Waals surface area contributed by atoms with Gasteiger partial charge < -0.3 is 14.5 Å². The van der Waals surface area contributed by atoms with Gasteiger partial charge in [-0.1, -0.05) is 0 Å². The molecule has 3 heterocycles. The van der Waals surface area contributed by atoms with Crippen LogP contribution in [-0.2, 0) is 24.2 Å². The number of fused-ring (bicyclic) bond motifs is 2. The quantitative estimate of drug-likeness (QED) is 0.873. The summed E-state index contributed by atoms with van der Waals surface area (Å²) in [5, 5.41) is 0. The van der Waals surface area contributed by atoms with Crippen molar-refractivity contribution in [1.29, 1.82) is 0 Å². The fourth-order valence-corrected chi connectivity index (χ4v) is 3.06. The van der Waals surface area contributed by atoms with Gasteiger partial charge in [-0.05, 0) is 44.5 Å². The molecule has 0 fully saturated rings. The Kier molecular flexibility index (Phi) is 3.30. The first kappa shape index (κ1) is 15.1. The van der Waals surface area contributed by atoms with Crippen LogP contribution in [-0.4, -0.2) is 33.2 Å². The highest BCUT2D eigenvalue weighted by atomic mass is 16.6. The predicted molar refractivity (Wildman–Crippen MR) is 88.7 cm³/mol. The first-order valence-electron chi connectivity index (χ1n) is 8.21. The molecular formula is C18H21N3O3. The van der Waals surface area contributed by atoms with Crippen LogP contribution in [0.1, 0.15) is 37.7 Å². The highest BCUT2D eigenvalue weighted by Gasteiger charge is 2.30. The van der Waals surface area contributed by atoms with E-state index in [0.29, 0.717) is 13.1 Å². The highest BCUT2D eigenvalue weighted by molar-refractivity contribution is 5.69. The molecule has 4 rings (SSSR count). The van der Waals surface area contributed by atoms with Crippen molar-refractivity contribution in [2.45, 2.75) is 45.9 Å². The van der Waals surface area contributed by atoms with Crippen molar-refractivity contribution in [3.63, 3.8) is 0 Å². The summed E-state index contributed by atoms with van der Waals surface area (Å²) in [5.41, 5.74) is 3.68. The van der Waals surface area contributed by atoms with E-state index in [0.717, 1.165) is 41.6 Å². The van der Waals surface area contributed by atoms with E-state index in [9.17, 15) is 4.79 Å². The smallest absolute Gasteiger partial charge is 0.410 e. The molecule has 0 saturated carbocycles. The van der Waals surface area contributed by atoms with E-state index in [2.05, 4.69) is 16.0 Å². The average molecular weight is 327 g/mol. The van der Waals surface area contributed by atoms with Gasteiger partial charge in [0.05, 0.1) is 31.1 Å². The van der Waals surface area contributed by atoms with Crippen LogP contribution in [0.15, 0.2) is 18.2 Å². The molecule has 0 bridgehead atoms. The van der Waals surface area contributed by atoms with Crippen LogP contribution < -0.4 is 4.74 Å². The van der Waals surface area contributed by atoms with Crippen LogP contribution in [0.4, 0.5) is 4.79 Å². The molecule has 0 unspecified atom stereocenters. The Balaban J connectivity index is 1.51. The standard InChI is InChI=1S/C18H21N3O3/c1-18(2,3)24-17(22)21-9-13-14(10-21)20-16(19-13)12-4-5-15-11(8-12)6-7-23-15/h4-5,8H,6-7,9-10H2,1-3H3,(H,19,20). The summed E-state index contributed by atoms with van der Waals surface area (Å²) in [6.45, 7) is 7.34. The lowest BCUT2D eigenvalue weighted by Gasteiger charge is -2.24. The maximum Gasteiger partial charge on any atom is 0.410 e. The molecule has 6 nitrogen and oxygen atoms in total. The molecule has 1 N–H and O–H groups in total. The van der Waals surface area contributed by atoms with Gasteiger partial charge in [-0.15, -0.1) is 0 Å². The molecular weight excluding hydrogens is 306 g/mol. The highest BCUT2D eigenvalue weighted by Crippen LogP contribution is 2.31. The largest absolute Gasteiger partial charge is 0.493 e. The molecule has 0 radical (unpaired) electrons. The van der Waals surface area contributed by atoms with Gasteiger partial charge in [-0.3, -0.25) is 4.90 Å². The minimum atomic E-state index is -0.488. The number of hydrogen-bond acceptors (Lipinski definition) is 4. The van der Waals surface area contributed by atoms with Crippen LogP contribution >= 0.6 is 0 Å². The third-order valence-corrected chi connectivity index (χ3v) is 4.17. The summed E-state index contributed by atoms with van der Waals surface area (Å²) in [7, 11) is 0. The van der Waals surface area contributed by atoms with Crippen molar-refractivity contribution in [1.82, 2.24) is 14.9 Å². The van der Waals surface area contributed by atoms with Crippen molar-refractivity contribution in [3.05, 3.63) is 35.2 Å². The third-order valence-electron chi connectivity index (χ3n) is 4.17. The fourth-order valence-electron chi connectivity index (χ4n) is 3.06. The van der Waals surface area contributed by atoms with E-state index in [-0.39, 0.29) is 6.09 Å². The van der Waals surface area contributed by atoms with E-state index in [1.165, 1.54) is 5.56 Å². The number of aromatic nitrogens is 2. The fraction of sp³-hybridized carbons (Fsp3) is 0.444. The van der Waals surface area contributed by atoms with Crippen LogP contribution in [0, 0.1) is 0 Å². The molecule has 0 spiro atoms. The minimum absolute atomic E-state index is 0.301. The Morgan fingerprint density at radius 1 is 1.33 bits per heavy atom. The van der Waals surface area contributed by atoms with Gasteiger partial charge in [0.1, 0.15) is 17.2 Å². The Morgan fingerprint density at radius 2 is 2.17 bits per heavy atom. The van der Waals surface area contributed by atoms with Gasteiger partial charge in [0.15, 0.2) is 0 Å². The lowest BCUT2D eigenvalue weighted by atomic mass is 10.1. The van der Waals surface area contributed by atoms with Crippen molar-refractivity contribution in [2.75, 3.05) is 6.61 Å². The number of hydrogen-bond donors (Lipinski definition) is 1. The second kappa shape index (κ2) is 5.26. The van der Waals surface area contributed by atoms with E-state index < -0.39 is 5.60 Å². The molecule has 2 aromatic rings.